The van der Waals surface area contributed by atoms with Crippen molar-refractivity contribution in [3.63, 3.8) is 0 Å². The number of likely N-dealkylation sites (tertiary alicyclic amines) is 1. The minimum atomic E-state index is -2.47. The Labute approximate surface area is 110 Å². The summed E-state index contributed by atoms with van der Waals surface area (Å²) in [6, 6.07) is 6.31. The molecule has 1 heterocycles. The lowest BCUT2D eigenvalue weighted by atomic mass is 9.99. The second-order valence-corrected chi connectivity index (χ2v) is 5.16. The van der Waals surface area contributed by atoms with Crippen LogP contribution in [0.4, 0.5) is 8.78 Å². The zero-order valence-electron chi connectivity index (χ0n) is 10.7. The number of nitrogens with zero attached hydrogens (tertiary/aromatic N) is 1. The van der Waals surface area contributed by atoms with Crippen LogP contribution in [0.25, 0.3) is 0 Å². The van der Waals surface area contributed by atoms with Crippen LogP contribution < -0.4 is 0 Å². The van der Waals surface area contributed by atoms with E-state index < -0.39 is 12.4 Å². The molecule has 1 fully saturated rings. The molecular weight excluding hydrogens is 252 g/mol. The fourth-order valence-corrected chi connectivity index (χ4v) is 2.60. The maximum Gasteiger partial charge on any atom is 0.308 e. The van der Waals surface area contributed by atoms with Gasteiger partial charge in [0.2, 0.25) is 0 Å². The van der Waals surface area contributed by atoms with E-state index in [1.54, 1.807) is 12.1 Å². The van der Waals surface area contributed by atoms with Crippen LogP contribution in [0.3, 0.4) is 0 Å². The summed E-state index contributed by atoms with van der Waals surface area (Å²) in [4.78, 5) is 13.0. The molecule has 0 bridgehead atoms. The van der Waals surface area contributed by atoms with Gasteiger partial charge in [0.25, 0.3) is 6.43 Å². The van der Waals surface area contributed by atoms with Gasteiger partial charge in [-0.2, -0.15) is 0 Å². The highest BCUT2D eigenvalue weighted by Crippen LogP contribution is 2.26. The van der Waals surface area contributed by atoms with Gasteiger partial charge in [-0.25, -0.2) is 8.78 Å². The number of alkyl halides is 2. The van der Waals surface area contributed by atoms with Crippen LogP contribution in [0.15, 0.2) is 24.3 Å². The van der Waals surface area contributed by atoms with Crippen molar-refractivity contribution in [1.82, 2.24) is 4.90 Å². The molecule has 1 aliphatic rings. The van der Waals surface area contributed by atoms with E-state index in [9.17, 15) is 13.6 Å². The highest BCUT2D eigenvalue weighted by Gasteiger charge is 2.34. The average molecular weight is 269 g/mol. The van der Waals surface area contributed by atoms with Crippen LogP contribution in [0, 0.1) is 11.8 Å². The first-order valence-electron chi connectivity index (χ1n) is 6.29. The van der Waals surface area contributed by atoms with Gasteiger partial charge in [-0.1, -0.05) is 25.1 Å². The van der Waals surface area contributed by atoms with Crippen LogP contribution >= 0.6 is 0 Å². The molecule has 1 N–H and O–H groups in total. The summed E-state index contributed by atoms with van der Waals surface area (Å²) in [5.74, 6) is -1.05. The first-order valence-corrected chi connectivity index (χ1v) is 6.29. The number of hydrogen-bond acceptors (Lipinski definition) is 2. The molecule has 0 radical (unpaired) electrons. The Hall–Kier alpha value is -1.49. The molecule has 104 valence electrons. The average Bonchev–Trinajstić information content (AvgIpc) is 2.70. The molecule has 3 nitrogen and oxygen atoms in total. The monoisotopic (exact) mass is 269 g/mol. The Morgan fingerprint density at radius 1 is 1.47 bits per heavy atom. The van der Waals surface area contributed by atoms with Gasteiger partial charge >= 0.3 is 5.97 Å². The first-order chi connectivity index (χ1) is 8.97. The number of rotatable bonds is 4. The summed E-state index contributed by atoms with van der Waals surface area (Å²) in [6.07, 6.45) is -2.47. The Morgan fingerprint density at radius 3 is 2.79 bits per heavy atom. The van der Waals surface area contributed by atoms with Crippen LogP contribution in [0.5, 0.6) is 0 Å². The predicted octanol–water partition coefficient (Wildman–Crippen LogP) is 2.78. The number of carbonyl (C=O) groups is 1. The molecule has 2 atom stereocenters. The predicted molar refractivity (Wildman–Crippen MR) is 67.0 cm³/mol. The lowest BCUT2D eigenvalue weighted by Crippen LogP contribution is -2.23. The van der Waals surface area contributed by atoms with E-state index in [2.05, 4.69) is 0 Å². The Morgan fingerprint density at radius 2 is 2.21 bits per heavy atom. The normalized spacial score (nSPS) is 24.0. The summed E-state index contributed by atoms with van der Waals surface area (Å²) in [5, 5.41) is 9.06. The molecule has 1 aromatic carbocycles. The number of halogens is 2. The Kier molecular flexibility index (Phi) is 4.14. The topological polar surface area (TPSA) is 40.5 Å². The van der Waals surface area contributed by atoms with Gasteiger partial charge in [-0.15, -0.1) is 0 Å². The first kappa shape index (κ1) is 13.9. The zero-order chi connectivity index (χ0) is 14.0. The van der Waals surface area contributed by atoms with Crippen LogP contribution in [-0.2, 0) is 11.3 Å². The maximum atomic E-state index is 12.6. The Balaban J connectivity index is 2.02. The second kappa shape index (κ2) is 5.65. The number of carboxylic acids is 1. The number of hydrogen-bond donors (Lipinski definition) is 1. The van der Waals surface area contributed by atoms with Crippen molar-refractivity contribution in [2.24, 2.45) is 11.8 Å². The lowest BCUT2D eigenvalue weighted by Gasteiger charge is -2.15. The molecule has 1 aromatic rings. The smallest absolute Gasteiger partial charge is 0.308 e. The molecule has 0 spiro atoms. The summed E-state index contributed by atoms with van der Waals surface area (Å²) in [6.45, 7) is 3.61. The highest BCUT2D eigenvalue weighted by molar-refractivity contribution is 5.71. The number of benzene rings is 1. The van der Waals surface area contributed by atoms with Gasteiger partial charge < -0.3 is 5.11 Å². The minimum absolute atomic E-state index is 0.0135. The summed E-state index contributed by atoms with van der Waals surface area (Å²) in [7, 11) is 0. The van der Waals surface area contributed by atoms with Gasteiger partial charge in [0, 0.05) is 25.2 Å². The van der Waals surface area contributed by atoms with Crippen LogP contribution in [0.1, 0.15) is 24.5 Å². The third-order valence-corrected chi connectivity index (χ3v) is 3.61. The fraction of sp³-hybridized carbons (Fsp3) is 0.500. The van der Waals surface area contributed by atoms with E-state index in [-0.39, 0.29) is 17.4 Å². The quantitative estimate of drug-likeness (QED) is 0.913. The largest absolute Gasteiger partial charge is 0.481 e. The molecule has 0 aromatic heterocycles. The van der Waals surface area contributed by atoms with Crippen molar-refractivity contribution in [2.75, 3.05) is 13.1 Å². The van der Waals surface area contributed by atoms with Gasteiger partial charge in [0.05, 0.1) is 5.92 Å². The van der Waals surface area contributed by atoms with Crippen LogP contribution in [0.2, 0.25) is 0 Å². The third kappa shape index (κ3) is 3.29. The zero-order valence-corrected chi connectivity index (χ0v) is 10.7. The number of carboxylic acid groups (broad SMARTS) is 1. The second-order valence-electron chi connectivity index (χ2n) is 5.16. The third-order valence-electron chi connectivity index (χ3n) is 3.61. The molecule has 1 saturated heterocycles. The van der Waals surface area contributed by atoms with Crippen molar-refractivity contribution in [2.45, 2.75) is 19.9 Å². The minimum Gasteiger partial charge on any atom is -0.481 e. The van der Waals surface area contributed by atoms with E-state index in [1.165, 1.54) is 12.1 Å². The van der Waals surface area contributed by atoms with Gasteiger partial charge in [-0.3, -0.25) is 9.69 Å². The molecule has 0 aliphatic carbocycles. The van der Waals surface area contributed by atoms with E-state index in [0.29, 0.717) is 19.6 Å². The van der Waals surface area contributed by atoms with Gasteiger partial charge in [-0.05, 0) is 17.5 Å². The molecule has 2 unspecified atom stereocenters. The molecule has 0 saturated carbocycles. The fourth-order valence-electron chi connectivity index (χ4n) is 2.60. The van der Waals surface area contributed by atoms with Gasteiger partial charge in [0.15, 0.2) is 0 Å². The molecule has 1 aliphatic heterocycles. The van der Waals surface area contributed by atoms with E-state index in [1.807, 2.05) is 11.8 Å². The SMILES string of the molecule is CC1CN(Cc2cccc(C(F)F)c2)CC1C(=O)O. The van der Waals surface area contributed by atoms with E-state index in [0.717, 1.165) is 5.56 Å². The molecule has 19 heavy (non-hydrogen) atoms. The van der Waals surface area contributed by atoms with Crippen molar-refractivity contribution < 1.29 is 18.7 Å². The molecule has 5 heteroatoms. The van der Waals surface area contributed by atoms with Gasteiger partial charge in [0.1, 0.15) is 0 Å². The van der Waals surface area contributed by atoms with Crippen LogP contribution in [-0.4, -0.2) is 29.1 Å². The Bertz CT molecular complexity index is 465. The van der Waals surface area contributed by atoms with E-state index in [4.69, 9.17) is 5.11 Å². The standard InChI is InChI=1S/C14H17F2NO2/c1-9-6-17(8-12(9)14(18)19)7-10-3-2-4-11(5-10)13(15)16/h2-5,9,12-13H,6-8H2,1H3,(H,18,19). The molecule has 2 rings (SSSR count). The summed E-state index contributed by atoms with van der Waals surface area (Å²) >= 11 is 0. The van der Waals surface area contributed by atoms with Crippen molar-refractivity contribution in [3.05, 3.63) is 35.4 Å². The number of aliphatic carboxylic acids is 1. The van der Waals surface area contributed by atoms with Crippen molar-refractivity contribution in [1.29, 1.82) is 0 Å². The maximum absolute atomic E-state index is 12.6. The summed E-state index contributed by atoms with van der Waals surface area (Å²) in [5.41, 5.74) is 0.815. The van der Waals surface area contributed by atoms with Crippen molar-refractivity contribution >= 4 is 5.97 Å². The highest BCUT2D eigenvalue weighted by atomic mass is 19.3. The van der Waals surface area contributed by atoms with E-state index >= 15 is 0 Å². The lowest BCUT2D eigenvalue weighted by molar-refractivity contribution is -0.142. The molecule has 0 amide bonds. The molecular formula is C14H17F2NO2. The summed E-state index contributed by atoms with van der Waals surface area (Å²) < 4.78 is 25.2. The van der Waals surface area contributed by atoms with Crippen molar-refractivity contribution in [3.8, 4) is 0 Å².